The van der Waals surface area contributed by atoms with E-state index in [4.69, 9.17) is 9.84 Å². The summed E-state index contributed by atoms with van der Waals surface area (Å²) in [6, 6.07) is 10.0. The molecule has 0 saturated heterocycles. The summed E-state index contributed by atoms with van der Waals surface area (Å²) >= 11 is 0. The van der Waals surface area contributed by atoms with Crippen molar-refractivity contribution in [3.63, 3.8) is 0 Å². The van der Waals surface area contributed by atoms with Crippen LogP contribution in [0.1, 0.15) is 72.2 Å². The van der Waals surface area contributed by atoms with Gasteiger partial charge in [-0.15, -0.1) is 0 Å². The number of methoxy groups -OCH3 is 1. The van der Waals surface area contributed by atoms with Gasteiger partial charge in [0.2, 0.25) is 0 Å². The van der Waals surface area contributed by atoms with Crippen LogP contribution in [0.2, 0.25) is 0 Å². The Hall–Kier alpha value is -2.30. The number of aromatic nitrogens is 2. The first-order valence-corrected chi connectivity index (χ1v) is 9.26. The predicted octanol–water partition coefficient (Wildman–Crippen LogP) is 3.81. The van der Waals surface area contributed by atoms with Gasteiger partial charge in [0.05, 0.1) is 31.0 Å². The van der Waals surface area contributed by atoms with E-state index in [1.165, 1.54) is 44.2 Å². The van der Waals surface area contributed by atoms with E-state index < -0.39 is 0 Å². The first kappa shape index (κ1) is 16.2. The van der Waals surface area contributed by atoms with Crippen LogP contribution < -0.4 is 10.1 Å². The zero-order valence-corrected chi connectivity index (χ0v) is 14.7. The predicted molar refractivity (Wildman–Crippen MR) is 95.9 cm³/mol. The number of nitrogens with zero attached hydrogens (tertiary/aromatic N) is 2. The average Bonchev–Trinajstić information content (AvgIpc) is 3.18. The summed E-state index contributed by atoms with van der Waals surface area (Å²) in [6.07, 6.45) is 7.60. The molecular formula is C20H25N3O2. The van der Waals surface area contributed by atoms with E-state index in [-0.39, 0.29) is 5.91 Å². The van der Waals surface area contributed by atoms with Crippen molar-refractivity contribution >= 4 is 5.91 Å². The number of hydrogen-bond donors (Lipinski definition) is 1. The number of carbonyl (C=O) groups excluding carboxylic acids is 1. The lowest BCUT2D eigenvalue weighted by Gasteiger charge is -2.13. The summed E-state index contributed by atoms with van der Waals surface area (Å²) in [5.74, 6) is 1.14. The van der Waals surface area contributed by atoms with E-state index in [1.807, 2.05) is 12.1 Å². The monoisotopic (exact) mass is 339 g/mol. The molecule has 0 atom stereocenters. The summed E-state index contributed by atoms with van der Waals surface area (Å²) < 4.78 is 7.53. The van der Waals surface area contributed by atoms with Crippen LogP contribution in [-0.2, 0) is 6.54 Å². The Kier molecular flexibility index (Phi) is 4.47. The molecule has 1 heterocycles. The Morgan fingerprint density at radius 2 is 2.00 bits per heavy atom. The molecule has 1 amide bonds. The van der Waals surface area contributed by atoms with Crippen LogP contribution >= 0.6 is 0 Å². The second-order valence-corrected chi connectivity index (χ2v) is 7.10. The molecular weight excluding hydrogens is 314 g/mol. The Morgan fingerprint density at radius 3 is 2.72 bits per heavy atom. The first-order chi connectivity index (χ1) is 12.3. The van der Waals surface area contributed by atoms with Gasteiger partial charge >= 0.3 is 0 Å². The highest BCUT2D eigenvalue weighted by atomic mass is 16.5. The fraction of sp³-hybridized carbons (Fsp3) is 0.500. The van der Waals surface area contributed by atoms with Gasteiger partial charge in [-0.1, -0.05) is 25.0 Å². The largest absolute Gasteiger partial charge is 0.496 e. The molecule has 2 aliphatic carbocycles. The molecule has 2 aromatic rings. The van der Waals surface area contributed by atoms with Crippen molar-refractivity contribution in [1.82, 2.24) is 15.1 Å². The van der Waals surface area contributed by atoms with Gasteiger partial charge in [0.25, 0.3) is 5.91 Å². The summed E-state index contributed by atoms with van der Waals surface area (Å²) in [7, 11) is 1.58. The van der Waals surface area contributed by atoms with Gasteiger partial charge in [-0.25, -0.2) is 0 Å². The van der Waals surface area contributed by atoms with E-state index in [0.717, 1.165) is 5.69 Å². The molecule has 2 saturated carbocycles. The van der Waals surface area contributed by atoms with Gasteiger partial charge in [-0.3, -0.25) is 9.48 Å². The van der Waals surface area contributed by atoms with Crippen molar-refractivity contribution in [2.75, 3.05) is 7.11 Å². The maximum absolute atomic E-state index is 12.5. The topological polar surface area (TPSA) is 56.1 Å². The second kappa shape index (κ2) is 6.90. The molecule has 2 fully saturated rings. The molecule has 0 bridgehead atoms. The minimum atomic E-state index is -0.124. The summed E-state index contributed by atoms with van der Waals surface area (Å²) in [5, 5.41) is 7.82. The minimum Gasteiger partial charge on any atom is -0.496 e. The average molecular weight is 339 g/mol. The lowest BCUT2D eigenvalue weighted by molar-refractivity contribution is 0.0947. The van der Waals surface area contributed by atoms with Crippen molar-refractivity contribution in [3.8, 4) is 5.75 Å². The SMILES string of the molecule is COc1ccccc1C(=O)NCc1cc(C2CC2)n(C2CCCC2)n1. The van der Waals surface area contributed by atoms with Gasteiger partial charge < -0.3 is 10.1 Å². The van der Waals surface area contributed by atoms with Crippen molar-refractivity contribution in [2.45, 2.75) is 57.0 Å². The number of hydrogen-bond acceptors (Lipinski definition) is 3. The third-order valence-corrected chi connectivity index (χ3v) is 5.26. The van der Waals surface area contributed by atoms with Gasteiger partial charge in [-0.05, 0) is 43.9 Å². The van der Waals surface area contributed by atoms with E-state index in [2.05, 4.69) is 16.1 Å². The quantitative estimate of drug-likeness (QED) is 0.870. The van der Waals surface area contributed by atoms with Crippen molar-refractivity contribution in [2.24, 2.45) is 0 Å². The number of carbonyl (C=O) groups is 1. The van der Waals surface area contributed by atoms with E-state index in [9.17, 15) is 4.79 Å². The standard InChI is InChI=1S/C20H25N3O2/c1-25-19-9-5-4-8-17(19)20(24)21-13-15-12-18(14-10-11-14)23(22-15)16-6-2-3-7-16/h4-5,8-9,12,14,16H,2-3,6-7,10-11,13H2,1H3,(H,21,24). The number of para-hydroxylation sites is 1. The molecule has 0 unspecified atom stereocenters. The number of rotatable bonds is 6. The fourth-order valence-corrected chi connectivity index (χ4v) is 3.77. The molecule has 0 aliphatic heterocycles. The lowest BCUT2D eigenvalue weighted by Crippen LogP contribution is -2.23. The Balaban J connectivity index is 1.47. The van der Waals surface area contributed by atoms with Gasteiger partial charge in [0, 0.05) is 11.6 Å². The lowest BCUT2D eigenvalue weighted by atomic mass is 10.2. The molecule has 5 nitrogen and oxygen atoms in total. The molecule has 1 aromatic heterocycles. The van der Waals surface area contributed by atoms with E-state index in [1.54, 1.807) is 19.2 Å². The molecule has 5 heteroatoms. The van der Waals surface area contributed by atoms with Crippen LogP contribution in [0.3, 0.4) is 0 Å². The highest BCUT2D eigenvalue weighted by Gasteiger charge is 2.31. The van der Waals surface area contributed by atoms with E-state index in [0.29, 0.717) is 29.8 Å². The smallest absolute Gasteiger partial charge is 0.255 e. The molecule has 4 rings (SSSR count). The Morgan fingerprint density at radius 1 is 1.24 bits per heavy atom. The third kappa shape index (κ3) is 3.41. The Bertz CT molecular complexity index is 758. The number of nitrogens with one attached hydrogen (secondary N) is 1. The van der Waals surface area contributed by atoms with Crippen LogP contribution in [0.25, 0.3) is 0 Å². The zero-order valence-electron chi connectivity index (χ0n) is 14.7. The Labute approximate surface area is 148 Å². The minimum absolute atomic E-state index is 0.124. The highest BCUT2D eigenvalue weighted by molar-refractivity contribution is 5.96. The second-order valence-electron chi connectivity index (χ2n) is 7.10. The summed E-state index contributed by atoms with van der Waals surface area (Å²) in [6.45, 7) is 0.455. The number of benzene rings is 1. The molecule has 1 N–H and O–H groups in total. The van der Waals surface area contributed by atoms with Crippen LogP contribution in [0.15, 0.2) is 30.3 Å². The van der Waals surface area contributed by atoms with Crippen LogP contribution in [0, 0.1) is 0 Å². The highest BCUT2D eigenvalue weighted by Crippen LogP contribution is 2.43. The maximum Gasteiger partial charge on any atom is 0.255 e. The van der Waals surface area contributed by atoms with Gasteiger partial charge in [0.15, 0.2) is 0 Å². The van der Waals surface area contributed by atoms with Gasteiger partial charge in [-0.2, -0.15) is 5.10 Å². The van der Waals surface area contributed by atoms with Crippen molar-refractivity contribution in [1.29, 1.82) is 0 Å². The number of ether oxygens (including phenoxy) is 1. The summed E-state index contributed by atoms with van der Waals surface area (Å²) in [5.41, 5.74) is 2.88. The van der Waals surface area contributed by atoms with Crippen LogP contribution in [-0.4, -0.2) is 22.8 Å². The zero-order chi connectivity index (χ0) is 17.2. The summed E-state index contributed by atoms with van der Waals surface area (Å²) in [4.78, 5) is 12.5. The fourth-order valence-electron chi connectivity index (χ4n) is 3.77. The maximum atomic E-state index is 12.5. The molecule has 25 heavy (non-hydrogen) atoms. The van der Waals surface area contributed by atoms with Crippen molar-refractivity contribution in [3.05, 3.63) is 47.3 Å². The van der Waals surface area contributed by atoms with Crippen LogP contribution in [0.5, 0.6) is 5.75 Å². The van der Waals surface area contributed by atoms with Crippen LogP contribution in [0.4, 0.5) is 0 Å². The molecule has 132 valence electrons. The van der Waals surface area contributed by atoms with Crippen molar-refractivity contribution < 1.29 is 9.53 Å². The van der Waals surface area contributed by atoms with E-state index >= 15 is 0 Å². The molecule has 0 spiro atoms. The molecule has 2 aliphatic rings. The van der Waals surface area contributed by atoms with Gasteiger partial charge in [0.1, 0.15) is 5.75 Å². The number of amides is 1. The first-order valence-electron chi connectivity index (χ1n) is 9.26. The third-order valence-electron chi connectivity index (χ3n) is 5.26. The molecule has 0 radical (unpaired) electrons. The normalized spacial score (nSPS) is 17.6. The molecule has 1 aromatic carbocycles.